The lowest BCUT2D eigenvalue weighted by Gasteiger charge is -2.33. The lowest BCUT2D eigenvalue weighted by molar-refractivity contribution is -0.122. The first-order valence-electron chi connectivity index (χ1n) is 11.5. The van der Waals surface area contributed by atoms with Gasteiger partial charge in [-0.05, 0) is 54.6 Å². The number of carbonyl (C=O) groups is 2. The van der Waals surface area contributed by atoms with Gasteiger partial charge in [-0.2, -0.15) is 0 Å². The number of piperidine rings is 1. The van der Waals surface area contributed by atoms with Gasteiger partial charge in [0.05, 0.1) is 12.1 Å². The number of hydrogen-bond acceptors (Lipinski definition) is 5. The number of aromatic nitrogens is 1. The van der Waals surface area contributed by atoms with Gasteiger partial charge in [0.1, 0.15) is 12.0 Å². The van der Waals surface area contributed by atoms with Crippen LogP contribution in [0.5, 0.6) is 5.75 Å². The van der Waals surface area contributed by atoms with Gasteiger partial charge < -0.3 is 24.6 Å². The Labute approximate surface area is 197 Å². The molecule has 2 heterocycles. The number of aliphatic hydroxyl groups is 1. The molecule has 1 fully saturated rings. The molecule has 2 amide bonds. The summed E-state index contributed by atoms with van der Waals surface area (Å²) in [5.74, 6) is 0.237. The van der Waals surface area contributed by atoms with E-state index in [2.05, 4.69) is 5.32 Å². The minimum absolute atomic E-state index is 0.0105. The summed E-state index contributed by atoms with van der Waals surface area (Å²) in [6.07, 6.45) is 0.746. The Kier molecular flexibility index (Phi) is 7.27. The molecule has 4 rings (SSSR count). The summed E-state index contributed by atoms with van der Waals surface area (Å²) in [5, 5.41) is 13.1. The molecular formula is C26H29N3O5. The third-order valence-corrected chi connectivity index (χ3v) is 6.09. The van der Waals surface area contributed by atoms with E-state index in [1.165, 1.54) is 6.92 Å². The molecule has 34 heavy (non-hydrogen) atoms. The SMILES string of the molecule is CC(=O)NC(O)CCOc1ccc(C(=O)N2CCC(n3c(=O)ccc4ccccc43)CC2)cc1. The maximum absolute atomic E-state index is 13.0. The monoisotopic (exact) mass is 463 g/mol. The lowest BCUT2D eigenvalue weighted by Crippen LogP contribution is -2.40. The molecule has 3 aromatic rings. The molecule has 1 aliphatic heterocycles. The predicted octanol–water partition coefficient (Wildman–Crippen LogP) is 2.70. The van der Waals surface area contributed by atoms with Crippen molar-refractivity contribution in [3.05, 3.63) is 76.6 Å². The zero-order chi connectivity index (χ0) is 24.1. The van der Waals surface area contributed by atoms with Gasteiger partial charge in [0.2, 0.25) is 5.91 Å². The van der Waals surface area contributed by atoms with Crippen LogP contribution >= 0.6 is 0 Å². The number of hydrogen-bond donors (Lipinski definition) is 2. The second-order valence-corrected chi connectivity index (χ2v) is 8.50. The Morgan fingerprint density at radius 1 is 1.06 bits per heavy atom. The van der Waals surface area contributed by atoms with Crippen LogP contribution in [-0.4, -0.2) is 52.3 Å². The fourth-order valence-electron chi connectivity index (χ4n) is 4.38. The van der Waals surface area contributed by atoms with E-state index in [0.717, 1.165) is 23.7 Å². The second-order valence-electron chi connectivity index (χ2n) is 8.50. The van der Waals surface area contributed by atoms with E-state index >= 15 is 0 Å². The van der Waals surface area contributed by atoms with E-state index in [9.17, 15) is 19.5 Å². The van der Waals surface area contributed by atoms with Gasteiger partial charge in [-0.25, -0.2) is 0 Å². The van der Waals surface area contributed by atoms with Gasteiger partial charge in [-0.3, -0.25) is 14.4 Å². The van der Waals surface area contributed by atoms with Crippen LogP contribution in [0.1, 0.15) is 42.6 Å². The number of ether oxygens (including phenoxy) is 1. The number of nitrogens with one attached hydrogen (secondary N) is 1. The van der Waals surface area contributed by atoms with Crippen LogP contribution in [0.2, 0.25) is 0 Å². The first-order chi connectivity index (χ1) is 16.4. The van der Waals surface area contributed by atoms with Crippen molar-refractivity contribution in [2.24, 2.45) is 0 Å². The van der Waals surface area contributed by atoms with Crippen molar-refractivity contribution < 1.29 is 19.4 Å². The van der Waals surface area contributed by atoms with Gasteiger partial charge in [0, 0.05) is 44.1 Å². The van der Waals surface area contributed by atoms with E-state index in [4.69, 9.17) is 4.74 Å². The summed E-state index contributed by atoms with van der Waals surface area (Å²) >= 11 is 0. The van der Waals surface area contributed by atoms with E-state index < -0.39 is 6.23 Å². The van der Waals surface area contributed by atoms with Gasteiger partial charge >= 0.3 is 0 Å². The fourth-order valence-corrected chi connectivity index (χ4v) is 4.38. The maximum atomic E-state index is 13.0. The van der Waals surface area contributed by atoms with Crippen LogP contribution in [0.4, 0.5) is 0 Å². The van der Waals surface area contributed by atoms with Crippen LogP contribution in [0.15, 0.2) is 65.5 Å². The van der Waals surface area contributed by atoms with E-state index in [-0.39, 0.29) is 36.4 Å². The number of pyridine rings is 1. The predicted molar refractivity (Wildman–Crippen MR) is 129 cm³/mol. The number of rotatable bonds is 7. The summed E-state index contributed by atoms with van der Waals surface area (Å²) in [6.45, 7) is 2.73. The van der Waals surface area contributed by atoms with Crippen molar-refractivity contribution in [1.29, 1.82) is 0 Å². The number of likely N-dealkylation sites (tertiary alicyclic amines) is 1. The number of para-hydroxylation sites is 1. The van der Waals surface area contributed by atoms with E-state index in [1.54, 1.807) is 30.3 Å². The molecule has 1 atom stereocenters. The van der Waals surface area contributed by atoms with Crippen molar-refractivity contribution in [1.82, 2.24) is 14.8 Å². The summed E-state index contributed by atoms with van der Waals surface area (Å²) in [4.78, 5) is 38.3. The van der Waals surface area contributed by atoms with Crippen molar-refractivity contribution in [2.75, 3.05) is 19.7 Å². The zero-order valence-corrected chi connectivity index (χ0v) is 19.1. The van der Waals surface area contributed by atoms with E-state index in [1.807, 2.05) is 39.8 Å². The highest BCUT2D eigenvalue weighted by molar-refractivity contribution is 5.94. The molecule has 0 spiro atoms. The minimum Gasteiger partial charge on any atom is -0.493 e. The van der Waals surface area contributed by atoms with E-state index in [0.29, 0.717) is 24.4 Å². The molecule has 0 saturated carbocycles. The molecule has 1 aliphatic rings. The maximum Gasteiger partial charge on any atom is 0.253 e. The highest BCUT2D eigenvalue weighted by Gasteiger charge is 2.26. The first kappa shape index (κ1) is 23.5. The molecule has 0 aliphatic carbocycles. The number of fused-ring (bicyclic) bond motifs is 1. The normalized spacial score (nSPS) is 15.2. The topological polar surface area (TPSA) is 101 Å². The minimum atomic E-state index is -0.953. The van der Waals surface area contributed by atoms with Gasteiger partial charge in [0.25, 0.3) is 11.5 Å². The fraction of sp³-hybridized carbons (Fsp3) is 0.346. The van der Waals surface area contributed by atoms with Gasteiger partial charge in [-0.15, -0.1) is 0 Å². The largest absolute Gasteiger partial charge is 0.493 e. The van der Waals surface area contributed by atoms with Crippen LogP contribution < -0.4 is 15.6 Å². The Balaban J connectivity index is 1.33. The molecule has 1 aromatic heterocycles. The van der Waals surface area contributed by atoms with Crippen LogP contribution in [0, 0.1) is 0 Å². The molecule has 8 heteroatoms. The smallest absolute Gasteiger partial charge is 0.253 e. The Hall–Kier alpha value is -3.65. The molecule has 0 radical (unpaired) electrons. The summed E-state index contributed by atoms with van der Waals surface area (Å²) in [5.41, 5.74) is 1.50. The van der Waals surface area contributed by atoms with Crippen molar-refractivity contribution in [3.8, 4) is 5.75 Å². The Morgan fingerprint density at radius 3 is 2.47 bits per heavy atom. The summed E-state index contributed by atoms with van der Waals surface area (Å²) in [7, 11) is 0. The number of benzene rings is 2. The van der Waals surface area contributed by atoms with Crippen LogP contribution in [-0.2, 0) is 4.79 Å². The molecule has 2 aromatic carbocycles. The Morgan fingerprint density at radius 2 is 1.76 bits per heavy atom. The Bertz CT molecular complexity index is 1210. The van der Waals surface area contributed by atoms with Gasteiger partial charge in [0.15, 0.2) is 0 Å². The molecule has 0 bridgehead atoms. The number of carbonyl (C=O) groups excluding carboxylic acids is 2. The lowest BCUT2D eigenvalue weighted by atomic mass is 10.0. The average Bonchev–Trinajstić information content (AvgIpc) is 2.84. The average molecular weight is 464 g/mol. The molecule has 1 unspecified atom stereocenters. The molecule has 1 saturated heterocycles. The third kappa shape index (κ3) is 5.46. The number of aliphatic hydroxyl groups excluding tert-OH is 1. The number of amides is 2. The summed E-state index contributed by atoms with van der Waals surface area (Å²) in [6, 6.07) is 18.3. The molecule has 8 nitrogen and oxygen atoms in total. The van der Waals surface area contributed by atoms with Gasteiger partial charge in [-0.1, -0.05) is 18.2 Å². The van der Waals surface area contributed by atoms with Crippen molar-refractivity contribution in [3.63, 3.8) is 0 Å². The number of nitrogens with zero attached hydrogens (tertiary/aromatic N) is 2. The van der Waals surface area contributed by atoms with Crippen molar-refractivity contribution >= 4 is 22.7 Å². The van der Waals surface area contributed by atoms with Crippen molar-refractivity contribution in [2.45, 2.75) is 38.5 Å². The second kappa shape index (κ2) is 10.5. The first-order valence-corrected chi connectivity index (χ1v) is 11.5. The third-order valence-electron chi connectivity index (χ3n) is 6.09. The molecule has 178 valence electrons. The van der Waals surface area contributed by atoms with Crippen LogP contribution in [0.25, 0.3) is 10.9 Å². The molecular weight excluding hydrogens is 434 g/mol. The summed E-state index contributed by atoms with van der Waals surface area (Å²) < 4.78 is 7.45. The highest BCUT2D eigenvalue weighted by atomic mass is 16.5. The zero-order valence-electron chi connectivity index (χ0n) is 19.1. The standard InChI is InChI=1S/C26H29N3O5/c1-18(30)27-24(31)14-17-34-22-9-6-20(7-10-22)26(33)28-15-12-21(13-16-28)29-23-5-3-2-4-19(23)8-11-25(29)32/h2-11,21,24,31H,12-17H2,1H3,(H,27,30). The van der Waals surface area contributed by atoms with Crippen LogP contribution in [0.3, 0.4) is 0 Å². The molecule has 2 N–H and O–H groups in total. The quantitative estimate of drug-likeness (QED) is 0.525. The highest BCUT2D eigenvalue weighted by Crippen LogP contribution is 2.26.